The van der Waals surface area contributed by atoms with Gasteiger partial charge in [0.05, 0.1) is 23.9 Å². The number of anilines is 3. The molecule has 1 aromatic carbocycles. The standard InChI is InChI=1S/C25H31N7/c1-5-20(6-2)32(25-28-16-22-24(30-25)31(17-29-22)18(3)4)23-12-8-7-11-21(23)27-15-19-10-9-13-26-14-19/h7-14,16-18,20,27H,5-6,15H2,1-4H3. The van der Waals surface area contributed by atoms with Crippen molar-refractivity contribution in [3.05, 3.63) is 66.9 Å². The number of fused-ring (bicyclic) bond motifs is 1. The Morgan fingerprint density at radius 1 is 1.00 bits per heavy atom. The fourth-order valence-corrected chi connectivity index (χ4v) is 3.97. The fraction of sp³-hybridized carbons (Fsp3) is 0.360. The van der Waals surface area contributed by atoms with Crippen LogP contribution in [0, 0.1) is 0 Å². The predicted octanol–water partition coefficient (Wildman–Crippen LogP) is 5.74. The van der Waals surface area contributed by atoms with Gasteiger partial charge in [-0.15, -0.1) is 0 Å². The Morgan fingerprint density at radius 2 is 1.81 bits per heavy atom. The van der Waals surface area contributed by atoms with Gasteiger partial charge in [-0.05, 0) is 50.5 Å². The molecule has 4 aromatic rings. The van der Waals surface area contributed by atoms with E-state index in [-0.39, 0.29) is 12.1 Å². The SMILES string of the molecule is CCC(CC)N(c1ncc2ncn(C(C)C)c2n1)c1ccccc1NCc1cccnc1. The van der Waals surface area contributed by atoms with E-state index in [0.29, 0.717) is 12.5 Å². The van der Waals surface area contributed by atoms with Crippen molar-refractivity contribution in [3.8, 4) is 0 Å². The van der Waals surface area contributed by atoms with Crippen LogP contribution in [-0.2, 0) is 6.54 Å². The van der Waals surface area contributed by atoms with E-state index in [1.54, 1.807) is 6.20 Å². The molecule has 166 valence electrons. The molecule has 0 atom stereocenters. The van der Waals surface area contributed by atoms with Crippen LogP contribution in [-0.4, -0.2) is 30.5 Å². The molecule has 0 spiro atoms. The molecule has 0 aliphatic heterocycles. The average Bonchev–Trinajstić information content (AvgIpc) is 3.26. The van der Waals surface area contributed by atoms with Crippen LogP contribution in [0.5, 0.6) is 0 Å². The summed E-state index contributed by atoms with van der Waals surface area (Å²) < 4.78 is 2.10. The molecule has 0 saturated carbocycles. The van der Waals surface area contributed by atoms with E-state index in [1.165, 1.54) is 0 Å². The van der Waals surface area contributed by atoms with Gasteiger partial charge in [-0.1, -0.05) is 32.0 Å². The van der Waals surface area contributed by atoms with Gasteiger partial charge in [0.25, 0.3) is 0 Å². The molecule has 1 N–H and O–H groups in total. The van der Waals surface area contributed by atoms with Crippen LogP contribution in [0.1, 0.15) is 52.1 Å². The van der Waals surface area contributed by atoms with E-state index in [2.05, 4.69) is 82.8 Å². The molecule has 3 heterocycles. The Labute approximate surface area is 189 Å². The van der Waals surface area contributed by atoms with Crippen LogP contribution in [0.15, 0.2) is 61.3 Å². The van der Waals surface area contributed by atoms with E-state index in [9.17, 15) is 0 Å². The molecule has 0 aliphatic carbocycles. The molecule has 0 saturated heterocycles. The van der Waals surface area contributed by atoms with Crippen LogP contribution in [0.25, 0.3) is 11.2 Å². The predicted molar refractivity (Wildman–Crippen MR) is 130 cm³/mol. The van der Waals surface area contributed by atoms with Crippen molar-refractivity contribution < 1.29 is 0 Å². The number of nitrogens with zero attached hydrogens (tertiary/aromatic N) is 6. The minimum Gasteiger partial charge on any atom is -0.379 e. The van der Waals surface area contributed by atoms with Gasteiger partial charge in [0, 0.05) is 31.0 Å². The lowest BCUT2D eigenvalue weighted by molar-refractivity contribution is 0.596. The van der Waals surface area contributed by atoms with E-state index < -0.39 is 0 Å². The Balaban J connectivity index is 1.76. The lowest BCUT2D eigenvalue weighted by atomic mass is 10.1. The highest BCUT2D eigenvalue weighted by Gasteiger charge is 2.24. The maximum atomic E-state index is 4.99. The average molecular weight is 430 g/mol. The first-order valence-electron chi connectivity index (χ1n) is 11.3. The monoisotopic (exact) mass is 429 g/mol. The number of hydrogen-bond acceptors (Lipinski definition) is 6. The summed E-state index contributed by atoms with van der Waals surface area (Å²) in [4.78, 5) is 20.7. The smallest absolute Gasteiger partial charge is 0.232 e. The van der Waals surface area contributed by atoms with Crippen molar-refractivity contribution >= 4 is 28.5 Å². The molecular formula is C25H31N7. The van der Waals surface area contributed by atoms with E-state index in [4.69, 9.17) is 9.97 Å². The minimum absolute atomic E-state index is 0.268. The molecule has 7 heteroatoms. The third kappa shape index (κ3) is 4.42. The number of pyridine rings is 1. The van der Waals surface area contributed by atoms with Crippen LogP contribution in [0.4, 0.5) is 17.3 Å². The third-order valence-corrected chi connectivity index (χ3v) is 5.75. The van der Waals surface area contributed by atoms with Crippen molar-refractivity contribution in [3.63, 3.8) is 0 Å². The number of rotatable bonds is 9. The number of para-hydroxylation sites is 2. The van der Waals surface area contributed by atoms with Crippen molar-refractivity contribution in [1.29, 1.82) is 0 Å². The molecule has 0 radical (unpaired) electrons. The summed E-state index contributed by atoms with van der Waals surface area (Å²) in [5.41, 5.74) is 4.93. The van der Waals surface area contributed by atoms with Crippen LogP contribution in [0.3, 0.4) is 0 Å². The van der Waals surface area contributed by atoms with Gasteiger partial charge in [-0.2, -0.15) is 4.98 Å². The lowest BCUT2D eigenvalue weighted by Gasteiger charge is -2.32. The van der Waals surface area contributed by atoms with Gasteiger partial charge in [0.15, 0.2) is 5.65 Å². The van der Waals surface area contributed by atoms with Crippen LogP contribution < -0.4 is 10.2 Å². The summed E-state index contributed by atoms with van der Waals surface area (Å²) in [6.07, 6.45) is 9.33. The number of nitrogens with one attached hydrogen (secondary N) is 1. The van der Waals surface area contributed by atoms with Gasteiger partial charge >= 0.3 is 0 Å². The highest BCUT2D eigenvalue weighted by Crippen LogP contribution is 2.34. The summed E-state index contributed by atoms with van der Waals surface area (Å²) in [6, 6.07) is 12.9. The topological polar surface area (TPSA) is 71.8 Å². The zero-order valence-corrected chi connectivity index (χ0v) is 19.2. The summed E-state index contributed by atoms with van der Waals surface area (Å²) in [7, 11) is 0. The van der Waals surface area contributed by atoms with Gasteiger partial charge in [-0.3, -0.25) is 4.98 Å². The number of hydrogen-bond donors (Lipinski definition) is 1. The molecule has 0 bridgehead atoms. The first-order valence-corrected chi connectivity index (χ1v) is 11.3. The molecule has 0 unspecified atom stereocenters. The summed E-state index contributed by atoms with van der Waals surface area (Å²) in [5, 5.41) is 3.59. The van der Waals surface area contributed by atoms with Gasteiger partial charge in [0.1, 0.15) is 5.52 Å². The first-order chi connectivity index (χ1) is 15.6. The Hall–Kier alpha value is -3.48. The molecule has 0 aliphatic rings. The maximum Gasteiger partial charge on any atom is 0.232 e. The summed E-state index contributed by atoms with van der Waals surface area (Å²) >= 11 is 0. The number of imidazole rings is 1. The van der Waals surface area contributed by atoms with Crippen molar-refractivity contribution in [2.75, 3.05) is 10.2 Å². The van der Waals surface area contributed by atoms with E-state index >= 15 is 0 Å². The third-order valence-electron chi connectivity index (χ3n) is 5.75. The lowest BCUT2D eigenvalue weighted by Crippen LogP contribution is -2.32. The molecule has 7 nitrogen and oxygen atoms in total. The second kappa shape index (κ2) is 9.77. The van der Waals surface area contributed by atoms with E-state index in [0.717, 1.165) is 40.9 Å². The molecule has 0 fully saturated rings. The highest BCUT2D eigenvalue weighted by atomic mass is 15.3. The Bertz CT molecular complexity index is 1150. The summed E-state index contributed by atoms with van der Waals surface area (Å²) in [6.45, 7) is 9.40. The van der Waals surface area contributed by atoms with Crippen LogP contribution >= 0.6 is 0 Å². The number of benzene rings is 1. The maximum absolute atomic E-state index is 4.99. The Kier molecular flexibility index (Phi) is 6.63. The molecule has 4 rings (SSSR count). The second-order valence-corrected chi connectivity index (χ2v) is 8.20. The quantitative estimate of drug-likeness (QED) is 0.366. The minimum atomic E-state index is 0.268. The fourth-order valence-electron chi connectivity index (χ4n) is 3.97. The van der Waals surface area contributed by atoms with Crippen molar-refractivity contribution in [1.82, 2.24) is 24.5 Å². The zero-order chi connectivity index (χ0) is 22.5. The van der Waals surface area contributed by atoms with E-state index in [1.807, 2.05) is 24.8 Å². The van der Waals surface area contributed by atoms with Crippen molar-refractivity contribution in [2.24, 2.45) is 0 Å². The summed E-state index contributed by atoms with van der Waals surface area (Å²) in [5.74, 6) is 0.698. The first kappa shape index (κ1) is 21.7. The zero-order valence-electron chi connectivity index (χ0n) is 19.2. The van der Waals surface area contributed by atoms with Gasteiger partial charge < -0.3 is 14.8 Å². The largest absolute Gasteiger partial charge is 0.379 e. The molecule has 32 heavy (non-hydrogen) atoms. The normalized spacial score (nSPS) is 11.4. The molecule has 0 amide bonds. The Morgan fingerprint density at radius 3 is 2.53 bits per heavy atom. The van der Waals surface area contributed by atoms with Crippen LogP contribution in [0.2, 0.25) is 0 Å². The second-order valence-electron chi connectivity index (χ2n) is 8.20. The van der Waals surface area contributed by atoms with Crippen molar-refractivity contribution in [2.45, 2.75) is 59.2 Å². The highest BCUT2D eigenvalue weighted by molar-refractivity contribution is 5.77. The molecular weight excluding hydrogens is 398 g/mol. The van der Waals surface area contributed by atoms with Gasteiger partial charge in [-0.25, -0.2) is 9.97 Å². The molecule has 3 aromatic heterocycles. The van der Waals surface area contributed by atoms with Gasteiger partial charge in [0.2, 0.25) is 5.95 Å². The number of aromatic nitrogens is 5.